The zero-order chi connectivity index (χ0) is 41.9. The van der Waals surface area contributed by atoms with E-state index in [1.165, 1.54) is 61.6 Å². The number of carbonyl (C=O) groups excluding carboxylic acids is 4. The predicted octanol–water partition coefficient (Wildman–Crippen LogP) is 3.76. The number of anilines is 2. The third kappa shape index (κ3) is 9.01. The van der Waals surface area contributed by atoms with Gasteiger partial charge in [-0.3, -0.25) is 13.9 Å². The Balaban J connectivity index is 0.000000193. The topological polar surface area (TPSA) is 158 Å². The first kappa shape index (κ1) is 43.0. The van der Waals surface area contributed by atoms with Gasteiger partial charge in [-0.05, 0) is 76.0 Å². The molecule has 3 saturated heterocycles. The molecule has 16 heteroatoms. The van der Waals surface area contributed by atoms with Gasteiger partial charge in [0.1, 0.15) is 30.7 Å². The number of likely N-dealkylation sites (N-methyl/N-ethyl adjacent to an activating group) is 1. The van der Waals surface area contributed by atoms with Crippen LogP contribution in [-0.2, 0) is 38.1 Å². The molecule has 3 atom stereocenters. The van der Waals surface area contributed by atoms with Crippen molar-refractivity contribution < 1.29 is 19.2 Å². The molecule has 1 spiro atoms. The summed E-state index contributed by atoms with van der Waals surface area (Å²) in [5, 5.41) is 6.19. The fraction of sp³-hybridized carbons (Fsp3) is 0.651. The second-order valence-electron chi connectivity index (χ2n) is 17.8. The van der Waals surface area contributed by atoms with Crippen LogP contribution in [0.15, 0.2) is 29.2 Å². The number of aldehydes is 3. The van der Waals surface area contributed by atoms with E-state index in [0.717, 1.165) is 74.6 Å². The van der Waals surface area contributed by atoms with Gasteiger partial charge in [-0.1, -0.05) is 25.5 Å². The molecule has 2 aliphatic carbocycles. The molecule has 2 saturated carbocycles. The standard InChI is InChI=1S/C26H41N7OS.C17H21N3O4/c1-19-5-4-6-22(19)31(3)23-21(26(18-34)9-10-26)13-27-24(29-23)28-20-7-11-32(12-8-20)35-33-16-25(17-33)14-30(2)15-25;1-18-16(23)14(9-5-11-22)20-13-8-3-6-12(7-4-10-21)15(13)19(2)17(20)24/h13,18-20,22H,4-12,14-17H2,1-3H3,(H,27,28,29);3,6,8,10-11,14H,4-5,7,9H2,1-2H3,(H,18,23). The SMILES string of the molecule is CC1CCCC1N(C)c1nc(NC2CCN(SN3CC4(CN(C)C4)C3)CC2)ncc1C1(C=O)CC1.CNC(=O)C(CCC=O)n1c(=O)n(C)c2c(CCC=O)cccc21. The van der Waals surface area contributed by atoms with E-state index in [9.17, 15) is 24.0 Å². The third-order valence-corrected chi connectivity index (χ3v) is 14.4. The number of aryl methyl sites for hydroxylation is 2. The quantitative estimate of drug-likeness (QED) is 0.159. The Kier molecular flexibility index (Phi) is 13.3. The third-order valence-electron chi connectivity index (χ3n) is 13.4. The second-order valence-corrected chi connectivity index (χ2v) is 19.0. The Morgan fingerprint density at radius 2 is 1.75 bits per heavy atom. The van der Waals surface area contributed by atoms with Gasteiger partial charge in [0.25, 0.3) is 0 Å². The van der Waals surface area contributed by atoms with E-state index in [-0.39, 0.29) is 29.9 Å². The first-order valence-corrected chi connectivity index (χ1v) is 22.2. The number of piperidine rings is 1. The van der Waals surface area contributed by atoms with E-state index in [2.05, 4.69) is 50.1 Å². The highest BCUT2D eigenvalue weighted by atomic mass is 32.2. The molecule has 3 aromatic rings. The van der Waals surface area contributed by atoms with Crippen LogP contribution in [-0.4, -0.2) is 130 Å². The molecular weight excluding hydrogens is 769 g/mol. The average Bonchev–Trinajstić information content (AvgIpc) is 3.83. The number of imidazole rings is 1. The molecule has 5 fully saturated rings. The number of fused-ring (bicyclic) bond motifs is 1. The summed E-state index contributed by atoms with van der Waals surface area (Å²) in [5.41, 5.74) is 3.16. The number of nitrogens with one attached hydrogen (secondary N) is 2. The molecule has 5 aliphatic rings. The normalized spacial score (nSPS) is 23.1. The van der Waals surface area contributed by atoms with Crippen LogP contribution in [0.2, 0.25) is 0 Å². The summed E-state index contributed by atoms with van der Waals surface area (Å²) in [4.78, 5) is 72.8. The lowest BCUT2D eigenvalue weighted by Crippen LogP contribution is -2.69. The molecule has 0 bridgehead atoms. The minimum atomic E-state index is -0.752. The maximum absolute atomic E-state index is 12.7. The molecule has 3 aliphatic heterocycles. The number of nitrogens with zero attached hydrogens (tertiary/aromatic N) is 8. The van der Waals surface area contributed by atoms with Gasteiger partial charge in [-0.15, -0.1) is 0 Å². The molecule has 2 N–H and O–H groups in total. The van der Waals surface area contributed by atoms with Gasteiger partial charge in [-0.25, -0.2) is 18.4 Å². The molecular formula is C43H62N10O5S. The van der Waals surface area contributed by atoms with Crippen molar-refractivity contribution in [3.63, 3.8) is 0 Å². The maximum atomic E-state index is 12.7. The van der Waals surface area contributed by atoms with E-state index < -0.39 is 6.04 Å². The Morgan fingerprint density at radius 1 is 1.02 bits per heavy atom. The van der Waals surface area contributed by atoms with E-state index in [1.807, 2.05) is 24.4 Å². The van der Waals surface area contributed by atoms with Gasteiger partial charge in [0.2, 0.25) is 11.9 Å². The van der Waals surface area contributed by atoms with Crippen LogP contribution in [0.3, 0.4) is 0 Å². The molecule has 3 unspecified atom stereocenters. The maximum Gasteiger partial charge on any atom is 0.329 e. The van der Waals surface area contributed by atoms with Crippen LogP contribution in [0.4, 0.5) is 11.8 Å². The summed E-state index contributed by atoms with van der Waals surface area (Å²) in [6.45, 7) is 9.52. The van der Waals surface area contributed by atoms with Crippen LogP contribution >= 0.6 is 12.1 Å². The first-order valence-electron chi connectivity index (χ1n) is 21.4. The number of amides is 1. The largest absolute Gasteiger partial charge is 0.357 e. The zero-order valence-electron chi connectivity index (χ0n) is 35.4. The van der Waals surface area contributed by atoms with Crippen LogP contribution in [0.1, 0.15) is 88.3 Å². The number of rotatable bonds is 16. The lowest BCUT2D eigenvalue weighted by molar-refractivity contribution is -0.124. The van der Waals surface area contributed by atoms with Gasteiger partial charge in [0.05, 0.1) is 16.4 Å². The highest BCUT2D eigenvalue weighted by Gasteiger charge is 2.51. The minimum Gasteiger partial charge on any atom is -0.357 e. The molecule has 1 amide bonds. The zero-order valence-corrected chi connectivity index (χ0v) is 36.2. The number of likely N-dealkylation sites (tertiary alicyclic amines) is 1. The van der Waals surface area contributed by atoms with Crippen LogP contribution in [0, 0.1) is 11.3 Å². The fourth-order valence-electron chi connectivity index (χ4n) is 10.00. The van der Waals surface area contributed by atoms with Crippen molar-refractivity contribution in [3.8, 4) is 0 Å². The monoisotopic (exact) mass is 830 g/mol. The van der Waals surface area contributed by atoms with Crippen molar-refractivity contribution in [3.05, 3.63) is 46.0 Å². The summed E-state index contributed by atoms with van der Waals surface area (Å²) < 4.78 is 7.99. The molecule has 15 nitrogen and oxygen atoms in total. The molecule has 0 radical (unpaired) electrons. The molecule has 320 valence electrons. The Labute approximate surface area is 351 Å². The summed E-state index contributed by atoms with van der Waals surface area (Å²) >= 11 is 1.95. The Morgan fingerprint density at radius 3 is 2.36 bits per heavy atom. The van der Waals surface area contributed by atoms with Crippen LogP contribution < -0.4 is 21.2 Å². The molecule has 1 aromatic carbocycles. The van der Waals surface area contributed by atoms with Crippen molar-refractivity contribution in [2.45, 2.75) is 101 Å². The van der Waals surface area contributed by atoms with Crippen molar-refractivity contribution in [1.29, 1.82) is 0 Å². The number of aromatic nitrogens is 4. The van der Waals surface area contributed by atoms with E-state index >= 15 is 0 Å². The summed E-state index contributed by atoms with van der Waals surface area (Å²) in [6.07, 6.45) is 13.7. The summed E-state index contributed by atoms with van der Waals surface area (Å²) in [7, 11) is 7.53. The van der Waals surface area contributed by atoms with Gasteiger partial charge in [-0.2, -0.15) is 4.98 Å². The summed E-state index contributed by atoms with van der Waals surface area (Å²) in [5.74, 6) is 2.02. The number of benzene rings is 1. The summed E-state index contributed by atoms with van der Waals surface area (Å²) in [6, 6.07) is 5.58. The van der Waals surface area contributed by atoms with Gasteiger partial charge in [0.15, 0.2) is 0 Å². The number of hydrogen-bond acceptors (Lipinski definition) is 13. The molecule has 8 rings (SSSR count). The second kappa shape index (κ2) is 18.2. The van der Waals surface area contributed by atoms with Crippen molar-refractivity contribution >= 4 is 59.7 Å². The minimum absolute atomic E-state index is 0.186. The van der Waals surface area contributed by atoms with Crippen molar-refractivity contribution in [2.24, 2.45) is 18.4 Å². The lowest BCUT2D eigenvalue weighted by atomic mass is 9.75. The van der Waals surface area contributed by atoms with E-state index in [0.29, 0.717) is 53.2 Å². The Bertz CT molecular complexity index is 2050. The van der Waals surface area contributed by atoms with Crippen molar-refractivity contribution in [2.75, 3.05) is 70.6 Å². The highest BCUT2D eigenvalue weighted by molar-refractivity contribution is 7.94. The number of carbonyl (C=O) groups is 4. The number of para-hydroxylation sites is 1. The van der Waals surface area contributed by atoms with Gasteiger partial charge >= 0.3 is 5.69 Å². The average molecular weight is 831 g/mol. The van der Waals surface area contributed by atoms with Gasteiger partial charge in [0, 0.05) is 115 Å². The Hall–Kier alpha value is -4.12. The van der Waals surface area contributed by atoms with Crippen LogP contribution in [0.5, 0.6) is 0 Å². The predicted molar refractivity (Wildman–Crippen MR) is 231 cm³/mol. The van der Waals surface area contributed by atoms with Gasteiger partial charge < -0.3 is 34.8 Å². The lowest BCUT2D eigenvalue weighted by Gasteiger charge is -2.59. The first-order chi connectivity index (χ1) is 28.4. The highest BCUT2D eigenvalue weighted by Crippen LogP contribution is 2.50. The smallest absolute Gasteiger partial charge is 0.329 e. The van der Waals surface area contributed by atoms with E-state index in [4.69, 9.17) is 9.97 Å². The molecule has 5 heterocycles. The van der Waals surface area contributed by atoms with E-state index in [1.54, 1.807) is 19.2 Å². The molecule has 2 aromatic heterocycles. The van der Waals surface area contributed by atoms with Crippen molar-refractivity contribution in [1.82, 2.24) is 37.9 Å². The van der Waals surface area contributed by atoms with Crippen LogP contribution in [0.25, 0.3) is 11.0 Å². The molecule has 59 heavy (non-hydrogen) atoms. The number of hydrogen-bond donors (Lipinski definition) is 2. The fourth-order valence-corrected chi connectivity index (χ4v) is 11.4.